The van der Waals surface area contributed by atoms with Crippen LogP contribution in [0.2, 0.25) is 0 Å². The van der Waals surface area contributed by atoms with E-state index in [1.807, 2.05) is 12.3 Å². The maximum atomic E-state index is 4.08. The third-order valence-electron chi connectivity index (χ3n) is 5.04. The Balaban J connectivity index is 1.47. The summed E-state index contributed by atoms with van der Waals surface area (Å²) in [6.45, 7) is 4.94. The zero-order valence-corrected chi connectivity index (χ0v) is 12.3. The van der Waals surface area contributed by atoms with E-state index in [9.17, 15) is 0 Å². The number of aromatic amines is 1. The molecule has 2 saturated heterocycles. The van der Waals surface area contributed by atoms with Gasteiger partial charge in [0.25, 0.3) is 0 Å². The van der Waals surface area contributed by atoms with E-state index < -0.39 is 0 Å². The molecule has 2 fully saturated rings. The second-order valence-electron chi connectivity index (χ2n) is 6.36. The van der Waals surface area contributed by atoms with E-state index in [1.165, 1.54) is 36.8 Å². The summed E-state index contributed by atoms with van der Waals surface area (Å²) in [5.41, 5.74) is 2.31. The van der Waals surface area contributed by atoms with Gasteiger partial charge in [-0.1, -0.05) is 6.08 Å². The third-order valence-corrected chi connectivity index (χ3v) is 5.04. The second kappa shape index (κ2) is 5.19. The molecular formula is C17H22N4. The molecular weight excluding hydrogens is 260 g/mol. The number of hydrogen-bond donors (Lipinski definition) is 2. The largest absolute Gasteiger partial charge is 0.382 e. The summed E-state index contributed by atoms with van der Waals surface area (Å²) in [6.07, 6.45) is 9.11. The van der Waals surface area contributed by atoms with E-state index in [0.717, 1.165) is 24.1 Å². The molecule has 2 aliphatic heterocycles. The molecule has 0 radical (unpaired) electrons. The fraction of sp³-hybridized carbons (Fsp3) is 0.471. The fourth-order valence-electron chi connectivity index (χ4n) is 4.11. The van der Waals surface area contributed by atoms with Crippen molar-refractivity contribution in [1.29, 1.82) is 0 Å². The van der Waals surface area contributed by atoms with Crippen LogP contribution >= 0.6 is 0 Å². The highest BCUT2D eigenvalue weighted by atomic mass is 15.2. The highest BCUT2D eigenvalue weighted by molar-refractivity contribution is 5.81. The van der Waals surface area contributed by atoms with Gasteiger partial charge in [-0.3, -0.25) is 10.00 Å². The van der Waals surface area contributed by atoms with Gasteiger partial charge in [-0.25, -0.2) is 0 Å². The van der Waals surface area contributed by atoms with E-state index in [-0.39, 0.29) is 0 Å². The summed E-state index contributed by atoms with van der Waals surface area (Å²) in [4.78, 5) is 2.64. The molecule has 0 spiro atoms. The second-order valence-corrected chi connectivity index (χ2v) is 6.36. The van der Waals surface area contributed by atoms with Crippen molar-refractivity contribution >= 4 is 16.6 Å². The van der Waals surface area contributed by atoms with E-state index in [4.69, 9.17) is 0 Å². The van der Waals surface area contributed by atoms with E-state index in [0.29, 0.717) is 6.04 Å². The standard InChI is InChI=1S/C17H22N4/c1-2-7-21-15-4-5-16(21)10-14(9-15)19-13-3-6-17-12(8-13)11-18-20-17/h2-3,6,8,11,14-16,19H,1,4-5,7,9-10H2,(H,18,20). The van der Waals surface area contributed by atoms with Crippen LogP contribution in [-0.2, 0) is 0 Å². The topological polar surface area (TPSA) is 44.0 Å². The van der Waals surface area contributed by atoms with Gasteiger partial charge >= 0.3 is 0 Å². The number of aromatic nitrogens is 2. The summed E-state index contributed by atoms with van der Waals surface area (Å²) >= 11 is 0. The average molecular weight is 282 g/mol. The van der Waals surface area contributed by atoms with Crippen molar-refractivity contribution in [3.8, 4) is 0 Å². The van der Waals surface area contributed by atoms with Gasteiger partial charge in [0, 0.05) is 35.7 Å². The Bertz CT molecular complexity index is 633. The number of benzene rings is 1. The van der Waals surface area contributed by atoms with Crippen molar-refractivity contribution < 1.29 is 0 Å². The lowest BCUT2D eigenvalue weighted by Gasteiger charge is -2.39. The Hall–Kier alpha value is -1.81. The summed E-state index contributed by atoms with van der Waals surface area (Å²) < 4.78 is 0. The molecule has 4 nitrogen and oxygen atoms in total. The normalized spacial score (nSPS) is 28.9. The summed E-state index contributed by atoms with van der Waals surface area (Å²) in [7, 11) is 0. The molecule has 21 heavy (non-hydrogen) atoms. The van der Waals surface area contributed by atoms with E-state index in [1.54, 1.807) is 0 Å². The average Bonchev–Trinajstić information content (AvgIpc) is 3.02. The first-order valence-electron chi connectivity index (χ1n) is 7.90. The van der Waals surface area contributed by atoms with Crippen LogP contribution in [0.4, 0.5) is 5.69 Å². The molecule has 2 unspecified atom stereocenters. The fourth-order valence-corrected chi connectivity index (χ4v) is 4.11. The molecule has 1 aromatic heterocycles. The number of rotatable bonds is 4. The maximum absolute atomic E-state index is 4.08. The molecule has 2 N–H and O–H groups in total. The van der Waals surface area contributed by atoms with Gasteiger partial charge in [0.05, 0.1) is 11.7 Å². The Labute approximate surface area is 125 Å². The molecule has 4 heteroatoms. The first-order valence-corrected chi connectivity index (χ1v) is 7.90. The number of nitrogens with one attached hydrogen (secondary N) is 2. The van der Waals surface area contributed by atoms with Crippen molar-refractivity contribution in [1.82, 2.24) is 15.1 Å². The molecule has 4 rings (SSSR count). The number of H-pyrrole nitrogens is 1. The number of hydrogen-bond acceptors (Lipinski definition) is 3. The van der Waals surface area contributed by atoms with Crippen molar-refractivity contribution in [2.24, 2.45) is 0 Å². The van der Waals surface area contributed by atoms with Crippen molar-refractivity contribution in [2.45, 2.75) is 43.8 Å². The smallest absolute Gasteiger partial charge is 0.0651 e. The van der Waals surface area contributed by atoms with Gasteiger partial charge in [0.15, 0.2) is 0 Å². The van der Waals surface area contributed by atoms with Gasteiger partial charge in [-0.2, -0.15) is 5.10 Å². The lowest BCUT2D eigenvalue weighted by atomic mass is 9.97. The van der Waals surface area contributed by atoms with Crippen LogP contribution < -0.4 is 5.32 Å². The molecule has 2 atom stereocenters. The van der Waals surface area contributed by atoms with Gasteiger partial charge < -0.3 is 5.32 Å². The molecule has 2 aromatic rings. The predicted molar refractivity (Wildman–Crippen MR) is 86.5 cm³/mol. The molecule has 1 aromatic carbocycles. The minimum Gasteiger partial charge on any atom is -0.382 e. The van der Waals surface area contributed by atoms with Crippen LogP contribution in [0.3, 0.4) is 0 Å². The highest BCUT2D eigenvalue weighted by Crippen LogP contribution is 2.36. The van der Waals surface area contributed by atoms with Gasteiger partial charge in [-0.15, -0.1) is 6.58 Å². The molecule has 3 heterocycles. The van der Waals surface area contributed by atoms with Crippen LogP contribution in [0, 0.1) is 0 Å². The molecule has 0 amide bonds. The maximum Gasteiger partial charge on any atom is 0.0651 e. The van der Waals surface area contributed by atoms with Crippen LogP contribution in [0.5, 0.6) is 0 Å². The quantitative estimate of drug-likeness (QED) is 0.847. The minimum atomic E-state index is 0.591. The monoisotopic (exact) mass is 282 g/mol. The first kappa shape index (κ1) is 12.9. The lowest BCUT2D eigenvalue weighted by Crippen LogP contribution is -2.46. The zero-order valence-electron chi connectivity index (χ0n) is 12.3. The minimum absolute atomic E-state index is 0.591. The van der Waals surface area contributed by atoms with Gasteiger partial charge in [-0.05, 0) is 43.9 Å². The SMILES string of the molecule is C=CCN1C2CCC1CC(Nc1ccc3[nH]ncc3c1)C2. The van der Waals surface area contributed by atoms with Crippen molar-refractivity contribution in [3.63, 3.8) is 0 Å². The van der Waals surface area contributed by atoms with E-state index >= 15 is 0 Å². The Morgan fingerprint density at radius 2 is 2.14 bits per heavy atom. The Kier molecular flexibility index (Phi) is 3.19. The first-order chi connectivity index (χ1) is 10.3. The van der Waals surface area contributed by atoms with Crippen LogP contribution in [-0.4, -0.2) is 39.8 Å². The van der Waals surface area contributed by atoms with Crippen LogP contribution in [0.15, 0.2) is 37.1 Å². The number of fused-ring (bicyclic) bond motifs is 3. The number of piperidine rings is 1. The third kappa shape index (κ3) is 2.33. The zero-order chi connectivity index (χ0) is 14.2. The molecule has 0 saturated carbocycles. The molecule has 2 aliphatic rings. The van der Waals surface area contributed by atoms with Gasteiger partial charge in [0.1, 0.15) is 0 Å². The number of nitrogens with zero attached hydrogens (tertiary/aromatic N) is 2. The summed E-state index contributed by atoms with van der Waals surface area (Å²) in [5.74, 6) is 0. The van der Waals surface area contributed by atoms with Crippen LogP contribution in [0.25, 0.3) is 10.9 Å². The summed E-state index contributed by atoms with van der Waals surface area (Å²) in [5, 5.41) is 12.0. The highest BCUT2D eigenvalue weighted by Gasteiger charge is 2.39. The van der Waals surface area contributed by atoms with E-state index in [2.05, 4.69) is 45.2 Å². The summed E-state index contributed by atoms with van der Waals surface area (Å²) in [6, 6.07) is 8.50. The lowest BCUT2D eigenvalue weighted by molar-refractivity contribution is 0.149. The van der Waals surface area contributed by atoms with Crippen LogP contribution in [0.1, 0.15) is 25.7 Å². The Morgan fingerprint density at radius 3 is 2.90 bits per heavy atom. The molecule has 2 bridgehead atoms. The molecule has 0 aliphatic carbocycles. The van der Waals surface area contributed by atoms with Crippen molar-refractivity contribution in [2.75, 3.05) is 11.9 Å². The van der Waals surface area contributed by atoms with Gasteiger partial charge in [0.2, 0.25) is 0 Å². The Morgan fingerprint density at radius 1 is 1.33 bits per heavy atom. The molecule has 110 valence electrons. The number of anilines is 1. The predicted octanol–water partition coefficient (Wildman–Crippen LogP) is 3.16. The van der Waals surface area contributed by atoms with Crippen molar-refractivity contribution in [3.05, 3.63) is 37.1 Å².